The molecule has 2 atom stereocenters. The molecule has 2 rings (SSSR count). The number of benzene rings is 1. The van der Waals surface area contributed by atoms with E-state index in [1.807, 2.05) is 43.1 Å². The van der Waals surface area contributed by atoms with Crippen molar-refractivity contribution < 1.29 is 14.6 Å². The van der Waals surface area contributed by atoms with Crippen LogP contribution in [0.5, 0.6) is 0 Å². The topological polar surface area (TPSA) is 49.8 Å². The van der Waals surface area contributed by atoms with Crippen molar-refractivity contribution in [1.82, 2.24) is 4.90 Å². The summed E-state index contributed by atoms with van der Waals surface area (Å²) in [5.41, 5.74) is 0.196. The standard InChI is InChI=1S/C16H22ClNO3/c1-12(13-6-3-4-7-14(13)17)18(2)10-16(15(19)20)8-5-9-21-11-16/h3-4,6-7,12H,5,8-11H2,1-2H3,(H,19,20). The fourth-order valence-corrected chi connectivity index (χ4v) is 3.17. The zero-order chi connectivity index (χ0) is 15.5. The lowest BCUT2D eigenvalue weighted by molar-refractivity contribution is -0.159. The highest BCUT2D eigenvalue weighted by molar-refractivity contribution is 6.31. The summed E-state index contributed by atoms with van der Waals surface area (Å²) in [5, 5.41) is 10.3. The van der Waals surface area contributed by atoms with Crippen LogP contribution in [0, 0.1) is 5.41 Å². The van der Waals surface area contributed by atoms with E-state index in [0.717, 1.165) is 12.0 Å². The van der Waals surface area contributed by atoms with Gasteiger partial charge in [0.15, 0.2) is 0 Å². The normalized spacial score (nSPS) is 24.0. The van der Waals surface area contributed by atoms with E-state index < -0.39 is 11.4 Å². The van der Waals surface area contributed by atoms with Gasteiger partial charge in [-0.25, -0.2) is 0 Å². The molecule has 1 aromatic carbocycles. The van der Waals surface area contributed by atoms with Gasteiger partial charge in [-0.3, -0.25) is 9.69 Å². The highest BCUT2D eigenvalue weighted by Crippen LogP contribution is 2.33. The van der Waals surface area contributed by atoms with Gasteiger partial charge in [0.25, 0.3) is 0 Å². The highest BCUT2D eigenvalue weighted by Gasteiger charge is 2.42. The summed E-state index contributed by atoms with van der Waals surface area (Å²) in [6.45, 7) is 3.43. The van der Waals surface area contributed by atoms with E-state index in [-0.39, 0.29) is 12.6 Å². The van der Waals surface area contributed by atoms with Crippen LogP contribution in [-0.4, -0.2) is 42.8 Å². The summed E-state index contributed by atoms with van der Waals surface area (Å²) in [7, 11) is 1.94. The largest absolute Gasteiger partial charge is 0.481 e. The minimum atomic E-state index is -0.817. The Balaban J connectivity index is 2.14. The van der Waals surface area contributed by atoms with E-state index in [2.05, 4.69) is 0 Å². The Hall–Kier alpha value is -1.10. The minimum Gasteiger partial charge on any atom is -0.481 e. The van der Waals surface area contributed by atoms with Crippen molar-refractivity contribution in [3.63, 3.8) is 0 Å². The average Bonchev–Trinajstić information content (AvgIpc) is 2.47. The van der Waals surface area contributed by atoms with Gasteiger partial charge in [-0.15, -0.1) is 0 Å². The Morgan fingerprint density at radius 2 is 2.24 bits per heavy atom. The van der Waals surface area contributed by atoms with Crippen LogP contribution in [0.4, 0.5) is 0 Å². The van der Waals surface area contributed by atoms with Crippen LogP contribution < -0.4 is 0 Å². The highest BCUT2D eigenvalue weighted by atomic mass is 35.5. The molecule has 1 N–H and O–H groups in total. The van der Waals surface area contributed by atoms with Gasteiger partial charge >= 0.3 is 5.97 Å². The number of nitrogens with zero attached hydrogens (tertiary/aromatic N) is 1. The Bertz CT molecular complexity index is 500. The second-order valence-electron chi connectivity index (χ2n) is 5.85. The second-order valence-corrected chi connectivity index (χ2v) is 6.26. The van der Waals surface area contributed by atoms with E-state index in [1.165, 1.54) is 0 Å². The molecule has 4 nitrogen and oxygen atoms in total. The lowest BCUT2D eigenvalue weighted by Gasteiger charge is -2.38. The first-order chi connectivity index (χ1) is 9.96. The molecule has 5 heteroatoms. The Kier molecular flexibility index (Phi) is 5.25. The number of carboxylic acid groups (broad SMARTS) is 1. The molecular weight excluding hydrogens is 290 g/mol. The molecule has 0 spiro atoms. The third-order valence-corrected chi connectivity index (χ3v) is 4.69. The molecule has 21 heavy (non-hydrogen) atoms. The Labute approximate surface area is 130 Å². The van der Waals surface area contributed by atoms with Crippen LogP contribution in [0.2, 0.25) is 5.02 Å². The SMILES string of the molecule is CC(c1ccccc1Cl)N(C)CC1(C(=O)O)CCCOC1. The number of aliphatic carboxylic acids is 1. The number of carboxylic acids is 1. The molecule has 1 aliphatic heterocycles. The maximum absolute atomic E-state index is 11.7. The van der Waals surface area contributed by atoms with Crippen molar-refractivity contribution in [3.05, 3.63) is 34.9 Å². The first-order valence-corrected chi connectivity index (χ1v) is 7.60. The molecule has 2 unspecified atom stereocenters. The zero-order valence-electron chi connectivity index (χ0n) is 12.5. The van der Waals surface area contributed by atoms with E-state index >= 15 is 0 Å². The van der Waals surface area contributed by atoms with Crippen molar-refractivity contribution in [2.75, 3.05) is 26.8 Å². The monoisotopic (exact) mass is 311 g/mol. The minimum absolute atomic E-state index is 0.0526. The fourth-order valence-electron chi connectivity index (χ4n) is 2.88. The van der Waals surface area contributed by atoms with Crippen LogP contribution in [0.3, 0.4) is 0 Å². The summed E-state index contributed by atoms with van der Waals surface area (Å²) in [6.07, 6.45) is 1.45. The van der Waals surface area contributed by atoms with Gasteiger partial charge < -0.3 is 9.84 Å². The predicted molar refractivity (Wildman–Crippen MR) is 82.6 cm³/mol. The lowest BCUT2D eigenvalue weighted by Crippen LogP contribution is -2.48. The second kappa shape index (κ2) is 6.77. The maximum Gasteiger partial charge on any atom is 0.313 e. The number of ether oxygens (including phenoxy) is 1. The molecule has 1 saturated heterocycles. The van der Waals surface area contributed by atoms with Crippen LogP contribution >= 0.6 is 11.6 Å². The number of rotatable bonds is 5. The third kappa shape index (κ3) is 3.57. The molecule has 0 bridgehead atoms. The molecule has 1 aliphatic rings. The molecule has 0 saturated carbocycles. The van der Waals surface area contributed by atoms with Gasteiger partial charge in [-0.1, -0.05) is 29.8 Å². The van der Waals surface area contributed by atoms with E-state index in [9.17, 15) is 9.90 Å². The van der Waals surface area contributed by atoms with Crippen LogP contribution in [0.25, 0.3) is 0 Å². The number of halogens is 1. The molecule has 1 fully saturated rings. The predicted octanol–water partition coefficient (Wildman–Crippen LogP) is 3.21. The summed E-state index contributed by atoms with van der Waals surface area (Å²) >= 11 is 6.24. The smallest absolute Gasteiger partial charge is 0.313 e. The fraction of sp³-hybridized carbons (Fsp3) is 0.562. The van der Waals surface area contributed by atoms with Gasteiger partial charge in [-0.2, -0.15) is 0 Å². The summed E-state index contributed by atoms with van der Waals surface area (Å²) < 4.78 is 5.42. The van der Waals surface area contributed by atoms with Crippen LogP contribution in [-0.2, 0) is 9.53 Å². The maximum atomic E-state index is 11.7. The molecular formula is C16H22ClNO3. The molecule has 1 heterocycles. The summed E-state index contributed by atoms with van der Waals surface area (Å²) in [6, 6.07) is 7.73. The first kappa shape index (κ1) is 16.3. The van der Waals surface area contributed by atoms with Gasteiger partial charge in [0, 0.05) is 24.2 Å². The number of hydrogen-bond acceptors (Lipinski definition) is 3. The van der Waals surface area contributed by atoms with Crippen molar-refractivity contribution in [3.8, 4) is 0 Å². The molecule has 0 aromatic heterocycles. The van der Waals surface area contributed by atoms with Gasteiger partial charge in [0.1, 0.15) is 5.41 Å². The van der Waals surface area contributed by atoms with Crippen molar-refractivity contribution in [2.45, 2.75) is 25.8 Å². The van der Waals surface area contributed by atoms with E-state index in [1.54, 1.807) is 0 Å². The average molecular weight is 312 g/mol. The molecule has 116 valence electrons. The molecule has 1 aromatic rings. The zero-order valence-corrected chi connectivity index (χ0v) is 13.3. The van der Waals surface area contributed by atoms with Gasteiger partial charge in [-0.05, 0) is 38.4 Å². The first-order valence-electron chi connectivity index (χ1n) is 7.22. The van der Waals surface area contributed by atoms with E-state index in [0.29, 0.717) is 24.6 Å². The van der Waals surface area contributed by atoms with Crippen LogP contribution in [0.1, 0.15) is 31.4 Å². The van der Waals surface area contributed by atoms with Crippen molar-refractivity contribution >= 4 is 17.6 Å². The number of hydrogen-bond donors (Lipinski definition) is 1. The Morgan fingerprint density at radius 1 is 1.52 bits per heavy atom. The van der Waals surface area contributed by atoms with Crippen molar-refractivity contribution in [2.24, 2.45) is 5.41 Å². The van der Waals surface area contributed by atoms with Gasteiger partial charge in [0.2, 0.25) is 0 Å². The number of carbonyl (C=O) groups is 1. The summed E-state index contributed by atoms with van der Waals surface area (Å²) in [4.78, 5) is 13.8. The Morgan fingerprint density at radius 3 is 2.81 bits per heavy atom. The quantitative estimate of drug-likeness (QED) is 0.907. The summed E-state index contributed by atoms with van der Waals surface area (Å²) in [5.74, 6) is -0.777. The van der Waals surface area contributed by atoms with Gasteiger partial charge in [0.05, 0.1) is 6.61 Å². The van der Waals surface area contributed by atoms with Crippen molar-refractivity contribution in [1.29, 1.82) is 0 Å². The third-order valence-electron chi connectivity index (χ3n) is 4.34. The van der Waals surface area contributed by atoms with E-state index in [4.69, 9.17) is 16.3 Å². The molecule has 0 aliphatic carbocycles. The van der Waals surface area contributed by atoms with Crippen LogP contribution in [0.15, 0.2) is 24.3 Å². The lowest BCUT2D eigenvalue weighted by atomic mass is 9.81. The molecule has 0 radical (unpaired) electrons. The molecule has 0 amide bonds.